The topological polar surface area (TPSA) is 38.8 Å². The van der Waals surface area contributed by atoms with Crippen LogP contribution in [0.2, 0.25) is 0 Å². The number of nitrogens with zero attached hydrogens (tertiary/aromatic N) is 1. The summed E-state index contributed by atoms with van der Waals surface area (Å²) < 4.78 is 10.7. The van der Waals surface area contributed by atoms with Gasteiger partial charge in [-0.25, -0.2) is 4.79 Å². The first-order chi connectivity index (χ1) is 10.3. The zero-order chi connectivity index (χ0) is 16.3. The van der Waals surface area contributed by atoms with E-state index in [-0.39, 0.29) is 6.09 Å². The summed E-state index contributed by atoms with van der Waals surface area (Å²) in [7, 11) is 1.66. The molecule has 1 aromatic carbocycles. The smallest absolute Gasteiger partial charge is 0.410 e. The fourth-order valence-corrected chi connectivity index (χ4v) is 3.39. The van der Waals surface area contributed by atoms with Crippen LogP contribution in [0.15, 0.2) is 24.3 Å². The van der Waals surface area contributed by atoms with Gasteiger partial charge in [0.25, 0.3) is 0 Å². The molecule has 0 aliphatic carbocycles. The van der Waals surface area contributed by atoms with E-state index in [1.165, 1.54) is 5.56 Å². The highest BCUT2D eigenvalue weighted by atomic mass is 79.9. The maximum absolute atomic E-state index is 12.3. The Labute approximate surface area is 140 Å². The van der Waals surface area contributed by atoms with E-state index in [9.17, 15) is 4.79 Å². The van der Waals surface area contributed by atoms with E-state index < -0.39 is 5.60 Å². The van der Waals surface area contributed by atoms with Gasteiger partial charge in [-0.05, 0) is 44.4 Å². The van der Waals surface area contributed by atoms with Crippen molar-refractivity contribution < 1.29 is 14.3 Å². The summed E-state index contributed by atoms with van der Waals surface area (Å²) in [6.45, 7) is 7.09. The summed E-state index contributed by atoms with van der Waals surface area (Å²) >= 11 is 3.58. The van der Waals surface area contributed by atoms with Crippen molar-refractivity contribution in [3.8, 4) is 5.75 Å². The average Bonchev–Trinajstić information content (AvgIpc) is 2.90. The van der Waals surface area contributed by atoms with Crippen LogP contribution in [0.5, 0.6) is 5.75 Å². The number of alkyl halides is 1. The summed E-state index contributed by atoms with van der Waals surface area (Å²) in [6.07, 6.45) is -0.227. The largest absolute Gasteiger partial charge is 0.497 e. The fraction of sp³-hybridized carbons (Fsp3) is 0.588. The summed E-state index contributed by atoms with van der Waals surface area (Å²) in [4.78, 5) is 14.1. The number of carbonyl (C=O) groups excluding carboxylic acids is 1. The molecule has 22 heavy (non-hydrogen) atoms. The predicted molar refractivity (Wildman–Crippen MR) is 90.8 cm³/mol. The molecule has 0 spiro atoms. The number of carbonyl (C=O) groups is 1. The van der Waals surface area contributed by atoms with E-state index in [4.69, 9.17) is 9.47 Å². The average molecular weight is 370 g/mol. The second-order valence-electron chi connectivity index (χ2n) is 6.68. The van der Waals surface area contributed by atoms with E-state index in [0.717, 1.165) is 17.6 Å². The first kappa shape index (κ1) is 17.1. The standard InChI is InChI=1S/C17H24BrNO3/c1-17(2,3)22-16(20)19-10-13(9-18)15(11-19)12-5-7-14(21-4)8-6-12/h5-8,13,15H,9-11H2,1-4H3/t13-,15+/m1/s1. The number of ether oxygens (including phenoxy) is 2. The lowest BCUT2D eigenvalue weighted by molar-refractivity contribution is 0.0288. The molecule has 1 amide bonds. The van der Waals surface area contributed by atoms with E-state index in [1.54, 1.807) is 7.11 Å². The molecule has 2 atom stereocenters. The maximum atomic E-state index is 12.3. The van der Waals surface area contributed by atoms with Crippen LogP contribution in [-0.4, -0.2) is 42.1 Å². The third-order valence-corrected chi connectivity index (χ3v) is 4.67. The highest BCUT2D eigenvalue weighted by Crippen LogP contribution is 2.35. The van der Waals surface area contributed by atoms with Gasteiger partial charge in [0.2, 0.25) is 0 Å². The normalized spacial score (nSPS) is 21.8. The number of methoxy groups -OCH3 is 1. The molecule has 2 rings (SSSR count). The van der Waals surface area contributed by atoms with Crippen LogP contribution in [0.1, 0.15) is 32.3 Å². The molecule has 0 saturated carbocycles. The number of hydrogen-bond acceptors (Lipinski definition) is 3. The van der Waals surface area contributed by atoms with Gasteiger partial charge in [0.05, 0.1) is 7.11 Å². The molecule has 0 unspecified atom stereocenters. The van der Waals surface area contributed by atoms with E-state index in [2.05, 4.69) is 28.1 Å². The quantitative estimate of drug-likeness (QED) is 0.754. The SMILES string of the molecule is COc1ccc([C@@H]2CN(C(=O)OC(C)(C)C)C[C@H]2CBr)cc1. The van der Waals surface area contributed by atoms with Crippen LogP contribution < -0.4 is 4.74 Å². The molecule has 0 bridgehead atoms. The number of benzene rings is 1. The molecule has 1 heterocycles. The van der Waals surface area contributed by atoms with Gasteiger partial charge in [0.15, 0.2) is 0 Å². The van der Waals surface area contributed by atoms with Gasteiger partial charge in [0, 0.05) is 24.3 Å². The minimum atomic E-state index is -0.459. The van der Waals surface area contributed by atoms with Crippen molar-refractivity contribution in [3.63, 3.8) is 0 Å². The van der Waals surface area contributed by atoms with Crippen LogP contribution in [0.25, 0.3) is 0 Å². The van der Waals surface area contributed by atoms with E-state index in [0.29, 0.717) is 18.4 Å². The Morgan fingerprint density at radius 1 is 1.27 bits per heavy atom. The van der Waals surface area contributed by atoms with Gasteiger partial charge in [-0.3, -0.25) is 0 Å². The molecule has 4 nitrogen and oxygen atoms in total. The van der Waals surface area contributed by atoms with Crippen molar-refractivity contribution >= 4 is 22.0 Å². The molecule has 0 radical (unpaired) electrons. The Morgan fingerprint density at radius 2 is 1.91 bits per heavy atom. The summed E-state index contributed by atoms with van der Waals surface area (Å²) in [5.74, 6) is 1.56. The number of hydrogen-bond donors (Lipinski definition) is 0. The Balaban J connectivity index is 2.10. The molecule has 1 fully saturated rings. The Morgan fingerprint density at radius 3 is 2.41 bits per heavy atom. The minimum absolute atomic E-state index is 0.227. The summed E-state index contributed by atoms with van der Waals surface area (Å²) in [5, 5.41) is 0.864. The zero-order valence-electron chi connectivity index (χ0n) is 13.6. The molecule has 1 aliphatic rings. The highest BCUT2D eigenvalue weighted by Gasteiger charge is 2.37. The van der Waals surface area contributed by atoms with Gasteiger partial charge in [-0.15, -0.1) is 0 Å². The fourth-order valence-electron chi connectivity index (χ4n) is 2.73. The number of halogens is 1. The lowest BCUT2D eigenvalue weighted by atomic mass is 9.90. The third kappa shape index (κ3) is 4.15. The van der Waals surface area contributed by atoms with E-state index >= 15 is 0 Å². The molecule has 0 aromatic heterocycles. The molecule has 1 aromatic rings. The van der Waals surface area contributed by atoms with Crippen LogP contribution in [0.3, 0.4) is 0 Å². The second kappa shape index (κ2) is 6.90. The van der Waals surface area contributed by atoms with Crippen molar-refractivity contribution in [2.24, 2.45) is 5.92 Å². The molecular weight excluding hydrogens is 346 g/mol. The zero-order valence-corrected chi connectivity index (χ0v) is 15.2. The number of amides is 1. The summed E-state index contributed by atoms with van der Waals surface area (Å²) in [6, 6.07) is 8.10. The molecule has 5 heteroatoms. The monoisotopic (exact) mass is 369 g/mol. The molecule has 122 valence electrons. The van der Waals surface area contributed by atoms with Gasteiger partial charge in [0.1, 0.15) is 11.4 Å². The molecule has 1 saturated heterocycles. The van der Waals surface area contributed by atoms with Crippen molar-refractivity contribution in [2.75, 3.05) is 25.5 Å². The predicted octanol–water partition coefficient (Wildman–Crippen LogP) is 4.04. The van der Waals surface area contributed by atoms with Crippen LogP contribution >= 0.6 is 15.9 Å². The van der Waals surface area contributed by atoms with Crippen molar-refractivity contribution in [3.05, 3.63) is 29.8 Å². The van der Waals surface area contributed by atoms with Gasteiger partial charge >= 0.3 is 6.09 Å². The van der Waals surface area contributed by atoms with Crippen molar-refractivity contribution in [1.82, 2.24) is 4.90 Å². The Kier molecular flexibility index (Phi) is 5.37. The first-order valence-corrected chi connectivity index (χ1v) is 8.64. The van der Waals surface area contributed by atoms with Crippen LogP contribution in [-0.2, 0) is 4.74 Å². The highest BCUT2D eigenvalue weighted by molar-refractivity contribution is 9.09. The van der Waals surface area contributed by atoms with Gasteiger partial charge < -0.3 is 14.4 Å². The lowest BCUT2D eigenvalue weighted by Crippen LogP contribution is -2.35. The number of rotatable bonds is 3. The van der Waals surface area contributed by atoms with Crippen LogP contribution in [0.4, 0.5) is 4.79 Å². The second-order valence-corrected chi connectivity index (χ2v) is 7.33. The van der Waals surface area contributed by atoms with Gasteiger partial charge in [-0.1, -0.05) is 28.1 Å². The minimum Gasteiger partial charge on any atom is -0.497 e. The first-order valence-electron chi connectivity index (χ1n) is 7.52. The van der Waals surface area contributed by atoms with Crippen molar-refractivity contribution in [1.29, 1.82) is 0 Å². The maximum Gasteiger partial charge on any atom is 0.410 e. The Bertz CT molecular complexity index is 510. The number of likely N-dealkylation sites (tertiary alicyclic amines) is 1. The van der Waals surface area contributed by atoms with Crippen molar-refractivity contribution in [2.45, 2.75) is 32.3 Å². The molecule has 0 N–H and O–H groups in total. The third-order valence-electron chi connectivity index (χ3n) is 3.83. The lowest BCUT2D eigenvalue weighted by Gasteiger charge is -2.24. The van der Waals surface area contributed by atoms with E-state index in [1.807, 2.05) is 37.8 Å². The Hall–Kier alpha value is -1.23. The molecular formula is C17H24BrNO3. The summed E-state index contributed by atoms with van der Waals surface area (Å²) in [5.41, 5.74) is 0.774. The molecule has 1 aliphatic heterocycles. The van der Waals surface area contributed by atoms with Crippen LogP contribution in [0, 0.1) is 5.92 Å². The van der Waals surface area contributed by atoms with Gasteiger partial charge in [-0.2, -0.15) is 0 Å².